The predicted molar refractivity (Wildman–Crippen MR) is 139 cm³/mol. The number of rotatable bonds is 6. The normalized spacial score (nSPS) is 11.8. The van der Waals surface area contributed by atoms with Crippen LogP contribution >= 0.6 is 12.1 Å². The summed E-state index contributed by atoms with van der Waals surface area (Å²) < 4.78 is 76.6. The maximum absolute atomic E-state index is 13.6. The Hall–Kier alpha value is -4.65. The van der Waals surface area contributed by atoms with Crippen LogP contribution in [0.1, 0.15) is 5.56 Å². The minimum atomic E-state index is -4.76. The van der Waals surface area contributed by atoms with Crippen molar-refractivity contribution in [2.24, 2.45) is 4.40 Å². The van der Waals surface area contributed by atoms with Crippen molar-refractivity contribution < 1.29 is 31.5 Å². The number of aromatic nitrogens is 2. The summed E-state index contributed by atoms with van der Waals surface area (Å²) in [4.78, 5) is 16.4. The predicted octanol–water partition coefficient (Wildman–Crippen LogP) is 7.16. The van der Waals surface area contributed by atoms with Gasteiger partial charge in [-0.15, -0.1) is 13.2 Å². The molecule has 7 nitrogen and oxygen atoms in total. The van der Waals surface area contributed by atoms with Crippen molar-refractivity contribution in [2.45, 2.75) is 6.36 Å². The number of urea groups is 1. The van der Waals surface area contributed by atoms with Crippen molar-refractivity contribution in [3.8, 4) is 11.4 Å². The topological polar surface area (TPSA) is 80.5 Å². The van der Waals surface area contributed by atoms with E-state index in [1.54, 1.807) is 17.0 Å². The fraction of sp³-hybridized carbons (Fsp3) is 0.0385. The van der Waals surface area contributed by atoms with Crippen LogP contribution in [0, 0.1) is 11.6 Å². The maximum Gasteiger partial charge on any atom is 0.573 e. The molecule has 2 amide bonds. The van der Waals surface area contributed by atoms with Crippen LogP contribution < -0.4 is 14.8 Å². The Bertz CT molecular complexity index is 1680. The number of carbonyl (C=O) groups excluding carboxylic acids is 1. The summed E-state index contributed by atoms with van der Waals surface area (Å²) in [5, 5.41) is 3.79. The highest BCUT2D eigenvalue weighted by atomic mass is 32.2. The van der Waals surface area contributed by atoms with Gasteiger partial charge >= 0.3 is 12.4 Å². The second-order valence-corrected chi connectivity index (χ2v) is 8.65. The minimum Gasteiger partial charge on any atom is -0.406 e. The van der Waals surface area contributed by atoms with Gasteiger partial charge in [0.15, 0.2) is 0 Å². The lowest BCUT2D eigenvalue weighted by Crippen LogP contribution is -2.23. The number of anilines is 1. The number of alkyl halides is 3. The summed E-state index contributed by atoms with van der Waals surface area (Å²) in [6, 6.07) is 17.1. The van der Waals surface area contributed by atoms with Crippen molar-refractivity contribution in [1.29, 1.82) is 0 Å². The Morgan fingerprint density at radius 3 is 2.46 bits per heavy atom. The van der Waals surface area contributed by atoms with E-state index in [0.717, 1.165) is 34.0 Å². The molecule has 0 atom stereocenters. The monoisotopic (exact) mass is 557 g/mol. The summed E-state index contributed by atoms with van der Waals surface area (Å²) in [6.45, 7) is 0. The van der Waals surface area contributed by atoms with Crippen LogP contribution in [-0.4, -0.2) is 28.2 Å². The molecule has 5 rings (SSSR count). The largest absolute Gasteiger partial charge is 0.573 e. The van der Waals surface area contributed by atoms with E-state index in [1.165, 1.54) is 36.5 Å². The molecule has 2 N–H and O–H groups in total. The van der Waals surface area contributed by atoms with Crippen LogP contribution in [0.25, 0.3) is 27.5 Å². The number of halogens is 5. The van der Waals surface area contributed by atoms with Crippen LogP contribution in [0.3, 0.4) is 0 Å². The van der Waals surface area contributed by atoms with Crippen LogP contribution in [0.2, 0.25) is 0 Å². The maximum atomic E-state index is 13.6. The van der Waals surface area contributed by atoms with Gasteiger partial charge in [-0.1, -0.05) is 24.3 Å². The first kappa shape index (κ1) is 26.0. The average Bonchev–Trinajstić information content (AvgIpc) is 3.33. The fourth-order valence-electron chi connectivity index (χ4n) is 3.83. The van der Waals surface area contributed by atoms with Crippen molar-refractivity contribution in [3.05, 3.63) is 96.3 Å². The third kappa shape index (κ3) is 5.93. The van der Waals surface area contributed by atoms with Gasteiger partial charge in [0, 0.05) is 17.3 Å². The summed E-state index contributed by atoms with van der Waals surface area (Å²) >= 11 is 0.675. The SMILES string of the molecule is O=C(NS/N=C/c1ccc2c(ccc3c2ncn3-c2ccc(OC(F)(F)F)cc2)c1)Nc1c(F)cccc1F. The van der Waals surface area contributed by atoms with Gasteiger partial charge in [-0.3, -0.25) is 9.29 Å². The Morgan fingerprint density at radius 1 is 1.00 bits per heavy atom. The quantitative estimate of drug-likeness (QED) is 0.132. The lowest BCUT2D eigenvalue weighted by Gasteiger charge is -2.10. The molecule has 0 unspecified atom stereocenters. The standard InChI is InChI=1S/C26H16F5N5O2S/c27-20-2-1-3-21(28)24(20)34-25(37)35-39-33-13-15-4-10-19-16(12-15)5-11-22-23(19)32-14-36(22)17-6-8-18(9-7-17)38-26(29,30)31/h1-14H,(H2,34,35,37)/b33-13+. The molecular weight excluding hydrogens is 541 g/mol. The molecule has 0 spiro atoms. The number of para-hydroxylation sites is 1. The molecular formula is C26H16F5N5O2S. The molecule has 0 saturated carbocycles. The number of hydrogen-bond acceptors (Lipinski definition) is 5. The molecule has 1 heterocycles. The number of ether oxygens (including phenoxy) is 1. The van der Waals surface area contributed by atoms with Gasteiger partial charge < -0.3 is 10.1 Å². The molecule has 0 aliphatic carbocycles. The van der Waals surface area contributed by atoms with E-state index in [-0.39, 0.29) is 5.75 Å². The molecule has 0 aliphatic heterocycles. The highest BCUT2D eigenvalue weighted by Gasteiger charge is 2.31. The van der Waals surface area contributed by atoms with Crippen LogP contribution in [0.5, 0.6) is 5.75 Å². The van der Waals surface area contributed by atoms with Gasteiger partial charge in [0.2, 0.25) is 0 Å². The van der Waals surface area contributed by atoms with Gasteiger partial charge in [-0.05, 0) is 59.5 Å². The van der Waals surface area contributed by atoms with Gasteiger partial charge in [-0.25, -0.2) is 23.0 Å². The van der Waals surface area contributed by atoms with Crippen LogP contribution in [-0.2, 0) is 0 Å². The number of carbonyl (C=O) groups is 1. The van der Waals surface area contributed by atoms with Gasteiger partial charge in [0.1, 0.15) is 29.4 Å². The molecule has 39 heavy (non-hydrogen) atoms. The number of nitrogens with one attached hydrogen (secondary N) is 2. The van der Waals surface area contributed by atoms with E-state index in [0.29, 0.717) is 23.3 Å². The van der Waals surface area contributed by atoms with Crippen molar-refractivity contribution >= 4 is 51.9 Å². The van der Waals surface area contributed by atoms with Crippen LogP contribution in [0.4, 0.5) is 32.4 Å². The lowest BCUT2D eigenvalue weighted by atomic mass is 10.1. The lowest BCUT2D eigenvalue weighted by molar-refractivity contribution is -0.274. The number of imidazole rings is 1. The summed E-state index contributed by atoms with van der Waals surface area (Å²) in [5.41, 5.74) is 2.22. The van der Waals surface area contributed by atoms with Crippen LogP contribution in [0.15, 0.2) is 83.5 Å². The molecule has 0 bridgehead atoms. The van der Waals surface area contributed by atoms with Crippen molar-refractivity contribution in [3.63, 3.8) is 0 Å². The Morgan fingerprint density at radius 2 is 1.74 bits per heavy atom. The number of hydrogen-bond donors (Lipinski definition) is 2. The fourth-order valence-corrected chi connectivity index (χ4v) is 4.19. The minimum absolute atomic E-state index is 0.316. The summed E-state index contributed by atoms with van der Waals surface area (Å²) in [6.07, 6.45) is -1.68. The van der Waals surface area contributed by atoms with E-state index in [4.69, 9.17) is 0 Å². The van der Waals surface area contributed by atoms with Crippen molar-refractivity contribution in [2.75, 3.05) is 5.32 Å². The molecule has 5 aromatic rings. The zero-order chi connectivity index (χ0) is 27.6. The first-order valence-electron chi connectivity index (χ1n) is 11.1. The molecule has 0 fully saturated rings. The van der Waals surface area contributed by atoms with E-state index in [2.05, 4.69) is 24.2 Å². The van der Waals surface area contributed by atoms with E-state index in [9.17, 15) is 26.7 Å². The van der Waals surface area contributed by atoms with Crippen molar-refractivity contribution in [1.82, 2.24) is 14.3 Å². The Balaban J connectivity index is 1.27. The first-order valence-corrected chi connectivity index (χ1v) is 11.9. The molecule has 1 aromatic heterocycles. The van der Waals surface area contributed by atoms with E-state index < -0.39 is 29.7 Å². The summed E-state index contributed by atoms with van der Waals surface area (Å²) in [7, 11) is 0. The number of benzene rings is 4. The highest BCUT2D eigenvalue weighted by Crippen LogP contribution is 2.29. The zero-order valence-electron chi connectivity index (χ0n) is 19.5. The molecule has 4 aromatic carbocycles. The average molecular weight is 558 g/mol. The third-order valence-electron chi connectivity index (χ3n) is 5.50. The number of nitrogens with zero attached hydrogens (tertiary/aromatic N) is 3. The highest BCUT2D eigenvalue weighted by molar-refractivity contribution is 7.96. The van der Waals surface area contributed by atoms with Gasteiger partial charge in [0.05, 0.1) is 23.2 Å². The first-order chi connectivity index (χ1) is 18.7. The number of fused-ring (bicyclic) bond motifs is 3. The number of amides is 2. The zero-order valence-corrected chi connectivity index (χ0v) is 20.4. The van der Waals surface area contributed by atoms with E-state index >= 15 is 0 Å². The second-order valence-electron chi connectivity index (χ2n) is 8.05. The molecule has 198 valence electrons. The summed E-state index contributed by atoms with van der Waals surface area (Å²) in [5.74, 6) is -2.12. The molecule has 0 aliphatic rings. The van der Waals surface area contributed by atoms with Gasteiger partial charge in [0.25, 0.3) is 0 Å². The third-order valence-corrected chi connectivity index (χ3v) is 5.99. The Labute approximate surface area is 221 Å². The molecule has 0 saturated heterocycles. The molecule has 0 radical (unpaired) electrons. The van der Waals surface area contributed by atoms with Gasteiger partial charge in [-0.2, -0.15) is 0 Å². The smallest absolute Gasteiger partial charge is 0.406 e. The second kappa shape index (κ2) is 10.6. The molecule has 13 heteroatoms. The van der Waals surface area contributed by atoms with E-state index in [1.807, 2.05) is 24.3 Å². The Kier molecular flexibility index (Phi) is 7.07.